The minimum Gasteiger partial charge on any atom is -0.475 e. The fourth-order valence-corrected chi connectivity index (χ4v) is 0. The van der Waals surface area contributed by atoms with Crippen molar-refractivity contribution in [3.05, 3.63) is 0 Å². The van der Waals surface area contributed by atoms with Crippen molar-refractivity contribution in [1.82, 2.24) is 0 Å². The van der Waals surface area contributed by atoms with E-state index in [1.54, 1.807) is 0 Å². The van der Waals surface area contributed by atoms with Gasteiger partial charge in [-0.1, -0.05) is 0 Å². The molecular weight excluding hydrogens is 179 g/mol. The first-order chi connectivity index (χ1) is 5.21. The van der Waals surface area contributed by atoms with Crippen molar-refractivity contribution in [1.29, 1.82) is 0 Å². The maximum atomic E-state index is 10.6. The fourth-order valence-electron chi connectivity index (χ4n) is 0. The Kier molecular flexibility index (Phi) is 6.21. The molecule has 0 aromatic heterocycles. The van der Waals surface area contributed by atoms with E-state index in [4.69, 9.17) is 15.6 Å². The average Bonchev–Trinajstić information content (AvgIpc) is 1.87. The highest BCUT2D eigenvalue weighted by Gasteiger charge is 2.38. The number of rotatable bonds is 1. The van der Waals surface area contributed by atoms with E-state index in [1.807, 2.05) is 0 Å². The number of carbonyl (C=O) groups is 2. The standard InChI is InChI=1S/C3H7NO.C2HF3O2/c1-3(5)2-4;3-2(4,5)1(6)7/h2,4H2,1H3;(H,6,7). The van der Waals surface area contributed by atoms with Crippen LogP contribution in [-0.4, -0.2) is 29.6 Å². The van der Waals surface area contributed by atoms with Gasteiger partial charge < -0.3 is 10.8 Å². The Bertz CT molecular complexity index is 166. The van der Waals surface area contributed by atoms with Crippen LogP contribution in [0.25, 0.3) is 0 Å². The Hall–Kier alpha value is -1.11. The van der Waals surface area contributed by atoms with Crippen molar-refractivity contribution < 1.29 is 27.9 Å². The molecule has 4 nitrogen and oxygen atoms in total. The number of aliphatic carboxylic acids is 1. The average molecular weight is 187 g/mol. The molecule has 0 aromatic carbocycles. The molecule has 0 aliphatic heterocycles. The SMILES string of the molecule is CC(=O)CN.O=C(O)C(F)(F)F. The summed E-state index contributed by atoms with van der Waals surface area (Å²) >= 11 is 0. The molecule has 0 radical (unpaired) electrons. The predicted molar refractivity (Wildman–Crippen MR) is 33.4 cm³/mol. The molecule has 0 aromatic rings. The number of carbonyl (C=O) groups excluding carboxylic acids is 1. The minimum atomic E-state index is -5.08. The molecule has 0 aliphatic rings. The molecule has 7 heteroatoms. The van der Waals surface area contributed by atoms with Gasteiger partial charge in [-0.05, 0) is 6.92 Å². The summed E-state index contributed by atoms with van der Waals surface area (Å²) in [5.74, 6) is -2.72. The fraction of sp³-hybridized carbons (Fsp3) is 0.600. The van der Waals surface area contributed by atoms with Gasteiger partial charge in [0.2, 0.25) is 0 Å². The third-order valence-electron chi connectivity index (χ3n) is 0.530. The van der Waals surface area contributed by atoms with Crippen molar-refractivity contribution in [3.63, 3.8) is 0 Å². The molecular formula is C5H8F3NO3. The molecule has 12 heavy (non-hydrogen) atoms. The summed E-state index contributed by atoms with van der Waals surface area (Å²) in [4.78, 5) is 18.6. The third kappa shape index (κ3) is 11.7. The van der Waals surface area contributed by atoms with E-state index < -0.39 is 12.1 Å². The lowest BCUT2D eigenvalue weighted by Crippen LogP contribution is -2.21. The van der Waals surface area contributed by atoms with Crippen LogP contribution in [0.5, 0.6) is 0 Å². The maximum absolute atomic E-state index is 10.6. The largest absolute Gasteiger partial charge is 0.490 e. The van der Waals surface area contributed by atoms with E-state index in [-0.39, 0.29) is 12.3 Å². The number of hydrogen-bond acceptors (Lipinski definition) is 3. The summed E-state index contributed by atoms with van der Waals surface area (Å²) < 4.78 is 31.7. The van der Waals surface area contributed by atoms with E-state index in [0.717, 1.165) is 0 Å². The zero-order valence-corrected chi connectivity index (χ0v) is 6.18. The molecule has 0 atom stereocenters. The van der Waals surface area contributed by atoms with Crippen molar-refractivity contribution in [2.45, 2.75) is 13.1 Å². The summed E-state index contributed by atoms with van der Waals surface area (Å²) in [5, 5.41) is 7.12. The summed E-state index contributed by atoms with van der Waals surface area (Å²) in [6.45, 7) is 1.62. The molecule has 0 bridgehead atoms. The molecule has 0 unspecified atom stereocenters. The van der Waals surface area contributed by atoms with Gasteiger partial charge in [-0.25, -0.2) is 4.79 Å². The maximum Gasteiger partial charge on any atom is 0.490 e. The van der Waals surface area contributed by atoms with E-state index in [9.17, 15) is 18.0 Å². The highest BCUT2D eigenvalue weighted by Crippen LogP contribution is 2.13. The van der Waals surface area contributed by atoms with Gasteiger partial charge in [0.15, 0.2) is 0 Å². The first-order valence-corrected chi connectivity index (χ1v) is 2.71. The van der Waals surface area contributed by atoms with E-state index in [0.29, 0.717) is 0 Å². The van der Waals surface area contributed by atoms with Crippen LogP contribution in [0.1, 0.15) is 6.92 Å². The first-order valence-electron chi connectivity index (χ1n) is 2.71. The highest BCUT2D eigenvalue weighted by molar-refractivity contribution is 5.77. The van der Waals surface area contributed by atoms with Gasteiger partial charge in [0.1, 0.15) is 5.78 Å². The molecule has 0 rings (SSSR count). The number of hydrogen-bond donors (Lipinski definition) is 2. The van der Waals surface area contributed by atoms with Crippen LogP contribution < -0.4 is 5.73 Å². The zero-order valence-electron chi connectivity index (χ0n) is 6.18. The Morgan fingerprint density at radius 3 is 1.58 bits per heavy atom. The molecule has 0 fully saturated rings. The Balaban J connectivity index is 0. The lowest BCUT2D eigenvalue weighted by atomic mass is 10.5. The lowest BCUT2D eigenvalue weighted by molar-refractivity contribution is -0.192. The highest BCUT2D eigenvalue weighted by atomic mass is 19.4. The zero-order chi connectivity index (χ0) is 10.4. The smallest absolute Gasteiger partial charge is 0.475 e. The quantitative estimate of drug-likeness (QED) is 0.613. The van der Waals surface area contributed by atoms with Crippen LogP contribution in [0.15, 0.2) is 0 Å². The van der Waals surface area contributed by atoms with E-state index in [2.05, 4.69) is 0 Å². The van der Waals surface area contributed by atoms with Crippen LogP contribution >= 0.6 is 0 Å². The molecule has 0 spiro atoms. The van der Waals surface area contributed by atoms with E-state index >= 15 is 0 Å². The van der Waals surface area contributed by atoms with Crippen molar-refractivity contribution >= 4 is 11.8 Å². The Morgan fingerprint density at radius 2 is 1.58 bits per heavy atom. The van der Waals surface area contributed by atoms with Gasteiger partial charge in [0.25, 0.3) is 0 Å². The van der Waals surface area contributed by atoms with Gasteiger partial charge >= 0.3 is 12.1 Å². The second kappa shape index (κ2) is 5.53. The summed E-state index contributed by atoms with van der Waals surface area (Å²) in [6, 6.07) is 0. The van der Waals surface area contributed by atoms with Crippen LogP contribution in [-0.2, 0) is 9.59 Å². The van der Waals surface area contributed by atoms with Gasteiger partial charge in [-0.15, -0.1) is 0 Å². The van der Waals surface area contributed by atoms with Crippen molar-refractivity contribution in [2.75, 3.05) is 6.54 Å². The first kappa shape index (κ1) is 13.5. The number of carboxylic acids is 1. The Morgan fingerprint density at radius 1 is 1.42 bits per heavy atom. The third-order valence-corrected chi connectivity index (χ3v) is 0.530. The molecule has 72 valence electrons. The number of halogens is 3. The van der Waals surface area contributed by atoms with Crippen LogP contribution in [0, 0.1) is 0 Å². The van der Waals surface area contributed by atoms with Gasteiger partial charge in [0.05, 0.1) is 6.54 Å². The minimum absolute atomic E-state index is 0.0324. The van der Waals surface area contributed by atoms with E-state index in [1.165, 1.54) is 6.92 Å². The van der Waals surface area contributed by atoms with Gasteiger partial charge in [0, 0.05) is 0 Å². The summed E-state index contributed by atoms with van der Waals surface area (Å²) in [5.41, 5.74) is 4.82. The van der Waals surface area contributed by atoms with Crippen molar-refractivity contribution in [3.8, 4) is 0 Å². The molecule has 0 aliphatic carbocycles. The second-order valence-electron chi connectivity index (χ2n) is 1.71. The van der Waals surface area contributed by atoms with Crippen LogP contribution in [0.4, 0.5) is 13.2 Å². The van der Waals surface area contributed by atoms with Gasteiger partial charge in [-0.2, -0.15) is 13.2 Å². The van der Waals surface area contributed by atoms with Crippen LogP contribution in [0.2, 0.25) is 0 Å². The number of ketones is 1. The monoisotopic (exact) mass is 187 g/mol. The Labute approximate surface area is 66.2 Å². The van der Waals surface area contributed by atoms with Crippen molar-refractivity contribution in [2.24, 2.45) is 5.73 Å². The molecule has 0 heterocycles. The normalized spacial score (nSPS) is 9.75. The van der Waals surface area contributed by atoms with Crippen LogP contribution in [0.3, 0.4) is 0 Å². The molecule has 3 N–H and O–H groups in total. The molecule has 0 amide bonds. The number of carboxylic acid groups (broad SMARTS) is 1. The summed E-state index contributed by atoms with van der Waals surface area (Å²) in [7, 11) is 0. The predicted octanol–water partition coefficient (Wildman–Crippen LogP) is 0.167. The second-order valence-corrected chi connectivity index (χ2v) is 1.71. The topological polar surface area (TPSA) is 80.4 Å². The number of Topliss-reactive ketones (excluding diaryl/α,β-unsaturated/α-hetero) is 1. The van der Waals surface area contributed by atoms with Gasteiger partial charge in [-0.3, -0.25) is 4.79 Å². The molecule has 0 saturated heterocycles. The lowest BCUT2D eigenvalue weighted by Gasteiger charge is -1.93. The number of alkyl halides is 3. The molecule has 0 saturated carbocycles. The number of nitrogens with two attached hydrogens (primary N) is 1. The summed E-state index contributed by atoms with van der Waals surface area (Å²) in [6.07, 6.45) is -5.08.